The molecule has 100 valence electrons. The fourth-order valence-electron chi connectivity index (χ4n) is 2.60. The predicted molar refractivity (Wildman–Crippen MR) is 67.2 cm³/mol. The van der Waals surface area contributed by atoms with Gasteiger partial charge in [0.25, 0.3) is 6.43 Å². The maximum Gasteiger partial charge on any atom is 0.267 e. The molecule has 1 N–H and O–H groups in total. The molecule has 0 radical (unpaired) electrons. The Morgan fingerprint density at radius 1 is 1.44 bits per heavy atom. The van der Waals surface area contributed by atoms with Gasteiger partial charge in [0.15, 0.2) is 0 Å². The molecule has 1 unspecified atom stereocenters. The SMILES string of the molecule is COc1c(CC2CCCNC2)cccc1C(F)F. The first kappa shape index (κ1) is 13.3. The number of rotatable bonds is 4. The first-order chi connectivity index (χ1) is 8.72. The van der Waals surface area contributed by atoms with Crippen molar-refractivity contribution in [3.05, 3.63) is 29.3 Å². The van der Waals surface area contributed by atoms with E-state index in [4.69, 9.17) is 4.74 Å². The van der Waals surface area contributed by atoms with Gasteiger partial charge in [-0.25, -0.2) is 8.78 Å². The molecule has 0 aliphatic carbocycles. The molecule has 1 saturated heterocycles. The highest BCUT2D eigenvalue weighted by atomic mass is 19.3. The van der Waals surface area contributed by atoms with Crippen LogP contribution in [0.3, 0.4) is 0 Å². The number of para-hydroxylation sites is 1. The standard InChI is InChI=1S/C14H19F2NO/c1-18-13-11(5-2-6-12(13)14(15)16)8-10-4-3-7-17-9-10/h2,5-6,10,14,17H,3-4,7-9H2,1H3. The maximum atomic E-state index is 12.9. The van der Waals surface area contributed by atoms with E-state index < -0.39 is 6.43 Å². The third-order valence-corrected chi connectivity index (χ3v) is 3.47. The van der Waals surface area contributed by atoms with Gasteiger partial charge in [0.1, 0.15) is 5.75 Å². The van der Waals surface area contributed by atoms with E-state index in [0.717, 1.165) is 37.9 Å². The summed E-state index contributed by atoms with van der Waals surface area (Å²) in [7, 11) is 1.46. The minimum atomic E-state index is -2.48. The van der Waals surface area contributed by atoms with Crippen molar-refractivity contribution in [1.29, 1.82) is 0 Å². The second-order valence-electron chi connectivity index (χ2n) is 4.76. The van der Waals surface area contributed by atoms with Crippen LogP contribution in [0.1, 0.15) is 30.4 Å². The molecule has 1 atom stereocenters. The van der Waals surface area contributed by atoms with E-state index in [2.05, 4.69) is 5.32 Å². The lowest BCUT2D eigenvalue weighted by Gasteiger charge is -2.24. The summed E-state index contributed by atoms with van der Waals surface area (Å²) in [5.74, 6) is 0.874. The summed E-state index contributed by atoms with van der Waals surface area (Å²) in [6.45, 7) is 2.02. The van der Waals surface area contributed by atoms with Crippen LogP contribution in [0.15, 0.2) is 18.2 Å². The van der Waals surface area contributed by atoms with Gasteiger partial charge in [-0.2, -0.15) is 0 Å². The number of hydrogen-bond acceptors (Lipinski definition) is 2. The summed E-state index contributed by atoms with van der Waals surface area (Å²) in [6.07, 6.45) is 0.622. The molecule has 2 rings (SSSR count). The summed E-state index contributed by atoms with van der Waals surface area (Å²) in [5.41, 5.74) is 0.891. The van der Waals surface area contributed by atoms with Crippen molar-refractivity contribution in [2.24, 2.45) is 5.92 Å². The summed E-state index contributed by atoms with van der Waals surface area (Å²) in [6, 6.07) is 5.01. The number of alkyl halides is 2. The van der Waals surface area contributed by atoms with Crippen LogP contribution < -0.4 is 10.1 Å². The molecule has 18 heavy (non-hydrogen) atoms. The van der Waals surface area contributed by atoms with Crippen molar-refractivity contribution in [3.63, 3.8) is 0 Å². The molecule has 1 aliphatic rings. The zero-order valence-corrected chi connectivity index (χ0v) is 10.6. The molecule has 0 saturated carbocycles. The Morgan fingerprint density at radius 3 is 2.89 bits per heavy atom. The van der Waals surface area contributed by atoms with Crippen molar-refractivity contribution in [2.75, 3.05) is 20.2 Å². The van der Waals surface area contributed by atoms with Gasteiger partial charge in [0, 0.05) is 0 Å². The highest BCUT2D eigenvalue weighted by molar-refractivity contribution is 5.42. The fraction of sp³-hybridized carbons (Fsp3) is 0.571. The lowest BCUT2D eigenvalue weighted by Crippen LogP contribution is -2.30. The topological polar surface area (TPSA) is 21.3 Å². The zero-order valence-electron chi connectivity index (χ0n) is 10.6. The van der Waals surface area contributed by atoms with E-state index >= 15 is 0 Å². The van der Waals surface area contributed by atoms with Crippen LogP contribution in [0, 0.1) is 5.92 Å². The van der Waals surface area contributed by atoms with E-state index in [9.17, 15) is 8.78 Å². The van der Waals surface area contributed by atoms with E-state index in [0.29, 0.717) is 11.7 Å². The molecule has 0 spiro atoms. The summed E-state index contributed by atoms with van der Waals surface area (Å²) in [5, 5.41) is 3.34. The Balaban J connectivity index is 2.18. The smallest absolute Gasteiger partial charge is 0.267 e. The quantitative estimate of drug-likeness (QED) is 0.892. The third-order valence-electron chi connectivity index (χ3n) is 3.47. The Kier molecular flexibility index (Phi) is 4.53. The molecule has 2 nitrogen and oxygen atoms in total. The minimum Gasteiger partial charge on any atom is -0.496 e. The average Bonchev–Trinajstić information content (AvgIpc) is 2.39. The minimum absolute atomic E-state index is 0.00114. The van der Waals surface area contributed by atoms with Gasteiger partial charge >= 0.3 is 0 Å². The molecule has 4 heteroatoms. The van der Waals surface area contributed by atoms with Gasteiger partial charge in [-0.1, -0.05) is 12.1 Å². The average molecular weight is 255 g/mol. The molecule has 1 aromatic carbocycles. The van der Waals surface area contributed by atoms with Crippen molar-refractivity contribution in [1.82, 2.24) is 5.32 Å². The zero-order chi connectivity index (χ0) is 13.0. The second-order valence-corrected chi connectivity index (χ2v) is 4.76. The molecule has 1 fully saturated rings. The van der Waals surface area contributed by atoms with Gasteiger partial charge in [-0.15, -0.1) is 0 Å². The number of piperidine rings is 1. The Bertz CT molecular complexity index is 389. The molecule has 1 heterocycles. The molecule has 1 aliphatic heterocycles. The van der Waals surface area contributed by atoms with E-state index in [1.165, 1.54) is 13.2 Å². The predicted octanol–water partition coefficient (Wildman–Crippen LogP) is 3.17. The maximum absolute atomic E-state index is 12.9. The second kappa shape index (κ2) is 6.14. The van der Waals surface area contributed by atoms with Gasteiger partial charge < -0.3 is 10.1 Å². The van der Waals surface area contributed by atoms with Crippen LogP contribution in [0.2, 0.25) is 0 Å². The molecule has 0 aromatic heterocycles. The van der Waals surface area contributed by atoms with Crippen LogP contribution in [0.5, 0.6) is 5.75 Å². The summed E-state index contributed by atoms with van der Waals surface area (Å²) < 4.78 is 30.9. The monoisotopic (exact) mass is 255 g/mol. The first-order valence-electron chi connectivity index (χ1n) is 6.37. The van der Waals surface area contributed by atoms with Crippen molar-refractivity contribution < 1.29 is 13.5 Å². The van der Waals surface area contributed by atoms with Gasteiger partial charge in [0.05, 0.1) is 12.7 Å². The Labute approximate surface area is 106 Å². The van der Waals surface area contributed by atoms with Crippen molar-refractivity contribution in [3.8, 4) is 5.75 Å². The molecular formula is C14H19F2NO. The van der Waals surface area contributed by atoms with Gasteiger partial charge in [-0.3, -0.25) is 0 Å². The van der Waals surface area contributed by atoms with Crippen molar-refractivity contribution in [2.45, 2.75) is 25.7 Å². The van der Waals surface area contributed by atoms with Crippen LogP contribution in [0.4, 0.5) is 8.78 Å². The normalized spacial score (nSPS) is 20.1. The number of nitrogens with one attached hydrogen (secondary N) is 1. The van der Waals surface area contributed by atoms with Crippen molar-refractivity contribution >= 4 is 0 Å². The molecular weight excluding hydrogens is 236 g/mol. The number of halogens is 2. The van der Waals surface area contributed by atoms with E-state index in [-0.39, 0.29) is 5.56 Å². The first-order valence-corrected chi connectivity index (χ1v) is 6.37. The number of hydrogen-bond donors (Lipinski definition) is 1. The highest BCUT2D eigenvalue weighted by Gasteiger charge is 2.20. The fourth-order valence-corrected chi connectivity index (χ4v) is 2.60. The van der Waals surface area contributed by atoms with Gasteiger partial charge in [-0.05, 0) is 49.9 Å². The molecule has 0 amide bonds. The Hall–Kier alpha value is -1.16. The third kappa shape index (κ3) is 2.99. The number of benzene rings is 1. The molecule has 0 bridgehead atoms. The van der Waals surface area contributed by atoms with Crippen LogP contribution in [0.25, 0.3) is 0 Å². The number of ether oxygens (including phenoxy) is 1. The largest absolute Gasteiger partial charge is 0.496 e. The van der Waals surface area contributed by atoms with Crippen LogP contribution in [-0.2, 0) is 6.42 Å². The van der Waals surface area contributed by atoms with E-state index in [1.807, 2.05) is 6.07 Å². The number of methoxy groups -OCH3 is 1. The van der Waals surface area contributed by atoms with Gasteiger partial charge in [0.2, 0.25) is 0 Å². The summed E-state index contributed by atoms with van der Waals surface area (Å²) >= 11 is 0. The lowest BCUT2D eigenvalue weighted by atomic mass is 9.91. The summed E-state index contributed by atoms with van der Waals surface area (Å²) in [4.78, 5) is 0. The van der Waals surface area contributed by atoms with Crippen LogP contribution >= 0.6 is 0 Å². The lowest BCUT2D eigenvalue weighted by molar-refractivity contribution is 0.146. The Morgan fingerprint density at radius 2 is 2.28 bits per heavy atom. The van der Waals surface area contributed by atoms with Crippen LogP contribution in [-0.4, -0.2) is 20.2 Å². The van der Waals surface area contributed by atoms with E-state index in [1.54, 1.807) is 6.07 Å². The molecule has 1 aromatic rings. The highest BCUT2D eigenvalue weighted by Crippen LogP contribution is 2.33.